The second kappa shape index (κ2) is 7.18. The molecule has 2 heterocycles. The first-order chi connectivity index (χ1) is 12.2. The van der Waals surface area contributed by atoms with Gasteiger partial charge in [-0.05, 0) is 42.2 Å². The number of nitrogens with zero attached hydrogens (tertiary/aromatic N) is 2. The standard InChI is InChI=1S/C20H20N2OS2/c1-14-10-11-22(12-14)19(23)16-8-6-15(7-9-16)13-24-20-21-17-4-2-3-5-18(17)25-20/h2-9,14H,10-13H2,1H3. The first-order valence-corrected chi connectivity index (χ1v) is 10.4. The van der Waals surface area contributed by atoms with Gasteiger partial charge in [-0.2, -0.15) is 0 Å². The summed E-state index contributed by atoms with van der Waals surface area (Å²) in [5.41, 5.74) is 3.08. The van der Waals surface area contributed by atoms with E-state index in [1.165, 1.54) is 10.3 Å². The highest BCUT2D eigenvalue weighted by molar-refractivity contribution is 8.00. The lowest BCUT2D eigenvalue weighted by Crippen LogP contribution is -2.28. The van der Waals surface area contributed by atoms with Crippen molar-refractivity contribution in [2.45, 2.75) is 23.4 Å². The number of likely N-dealkylation sites (tertiary alicyclic amines) is 1. The van der Waals surface area contributed by atoms with Gasteiger partial charge in [-0.1, -0.05) is 43.0 Å². The predicted molar refractivity (Wildman–Crippen MR) is 105 cm³/mol. The first kappa shape index (κ1) is 16.6. The lowest BCUT2D eigenvalue weighted by atomic mass is 10.1. The summed E-state index contributed by atoms with van der Waals surface area (Å²) in [6.07, 6.45) is 1.11. The Bertz CT molecular complexity index is 855. The van der Waals surface area contributed by atoms with Gasteiger partial charge in [-0.25, -0.2) is 4.98 Å². The third kappa shape index (κ3) is 3.72. The summed E-state index contributed by atoms with van der Waals surface area (Å²) in [5.74, 6) is 1.65. The number of rotatable bonds is 4. The second-order valence-electron chi connectivity index (χ2n) is 6.58. The Morgan fingerprint density at radius 2 is 2.04 bits per heavy atom. The highest BCUT2D eigenvalue weighted by Crippen LogP contribution is 2.31. The fraction of sp³-hybridized carbons (Fsp3) is 0.300. The molecule has 3 aromatic rings. The van der Waals surface area contributed by atoms with Gasteiger partial charge < -0.3 is 4.90 Å². The fourth-order valence-electron chi connectivity index (χ4n) is 3.10. The van der Waals surface area contributed by atoms with Crippen LogP contribution in [0.15, 0.2) is 52.9 Å². The molecular weight excluding hydrogens is 348 g/mol. The fourth-order valence-corrected chi connectivity index (χ4v) is 5.13. The minimum absolute atomic E-state index is 0.162. The number of aromatic nitrogens is 1. The van der Waals surface area contributed by atoms with E-state index in [-0.39, 0.29) is 5.91 Å². The Kier molecular flexibility index (Phi) is 4.77. The van der Waals surface area contributed by atoms with Gasteiger partial charge in [-0.3, -0.25) is 4.79 Å². The number of para-hydroxylation sites is 1. The van der Waals surface area contributed by atoms with Crippen molar-refractivity contribution in [3.05, 3.63) is 59.7 Å². The van der Waals surface area contributed by atoms with E-state index in [1.54, 1.807) is 23.1 Å². The highest BCUT2D eigenvalue weighted by Gasteiger charge is 2.23. The topological polar surface area (TPSA) is 33.2 Å². The SMILES string of the molecule is CC1CCN(C(=O)c2ccc(CSc3nc4ccccc4s3)cc2)C1. The van der Waals surface area contributed by atoms with Gasteiger partial charge in [0.25, 0.3) is 5.91 Å². The van der Waals surface area contributed by atoms with E-state index in [2.05, 4.69) is 36.2 Å². The molecule has 5 heteroatoms. The van der Waals surface area contributed by atoms with Gasteiger partial charge in [0, 0.05) is 24.4 Å². The Hall–Kier alpha value is -1.85. The number of thioether (sulfide) groups is 1. The number of fused-ring (bicyclic) bond motifs is 1. The van der Waals surface area contributed by atoms with E-state index in [4.69, 9.17) is 0 Å². The van der Waals surface area contributed by atoms with Crippen LogP contribution in [0.4, 0.5) is 0 Å². The van der Waals surface area contributed by atoms with Crippen LogP contribution in [-0.2, 0) is 5.75 Å². The van der Waals surface area contributed by atoms with E-state index in [0.717, 1.165) is 40.7 Å². The molecule has 1 aromatic heterocycles. The molecule has 0 radical (unpaired) electrons. The molecule has 4 rings (SSSR count). The van der Waals surface area contributed by atoms with Gasteiger partial charge in [0.1, 0.15) is 0 Å². The average Bonchev–Trinajstić information content (AvgIpc) is 3.25. The molecule has 1 saturated heterocycles. The van der Waals surface area contributed by atoms with Crippen LogP contribution in [0.2, 0.25) is 0 Å². The molecule has 1 atom stereocenters. The summed E-state index contributed by atoms with van der Waals surface area (Å²) in [7, 11) is 0. The van der Waals surface area contributed by atoms with Crippen LogP contribution in [0.3, 0.4) is 0 Å². The van der Waals surface area contributed by atoms with Crippen molar-refractivity contribution in [3.8, 4) is 0 Å². The molecule has 0 saturated carbocycles. The van der Waals surface area contributed by atoms with Gasteiger partial charge in [0.05, 0.1) is 10.2 Å². The highest BCUT2D eigenvalue weighted by atomic mass is 32.2. The van der Waals surface area contributed by atoms with Crippen molar-refractivity contribution in [3.63, 3.8) is 0 Å². The number of hydrogen-bond acceptors (Lipinski definition) is 4. The molecule has 1 aliphatic rings. The molecule has 0 aliphatic carbocycles. The van der Waals surface area contributed by atoms with Gasteiger partial charge in [-0.15, -0.1) is 11.3 Å². The van der Waals surface area contributed by atoms with Crippen LogP contribution in [0.25, 0.3) is 10.2 Å². The van der Waals surface area contributed by atoms with Crippen molar-refractivity contribution in [1.82, 2.24) is 9.88 Å². The maximum absolute atomic E-state index is 12.5. The van der Waals surface area contributed by atoms with Crippen LogP contribution < -0.4 is 0 Å². The molecule has 1 amide bonds. The van der Waals surface area contributed by atoms with Crippen molar-refractivity contribution >= 4 is 39.2 Å². The first-order valence-electron chi connectivity index (χ1n) is 8.55. The van der Waals surface area contributed by atoms with Crippen LogP contribution in [0, 0.1) is 5.92 Å². The average molecular weight is 369 g/mol. The number of thiazole rings is 1. The summed E-state index contributed by atoms with van der Waals surface area (Å²) in [4.78, 5) is 19.1. The molecule has 25 heavy (non-hydrogen) atoms. The molecule has 0 N–H and O–H groups in total. The quantitative estimate of drug-likeness (QED) is 0.603. The molecule has 128 valence electrons. The van der Waals surface area contributed by atoms with Gasteiger partial charge >= 0.3 is 0 Å². The molecule has 3 nitrogen and oxygen atoms in total. The van der Waals surface area contributed by atoms with Gasteiger partial charge in [0.2, 0.25) is 0 Å². The maximum Gasteiger partial charge on any atom is 0.253 e. The number of carbonyl (C=O) groups excluding carboxylic acids is 1. The largest absolute Gasteiger partial charge is 0.338 e. The monoisotopic (exact) mass is 368 g/mol. The lowest BCUT2D eigenvalue weighted by Gasteiger charge is -2.16. The number of benzene rings is 2. The number of carbonyl (C=O) groups is 1. The Morgan fingerprint density at radius 3 is 2.76 bits per heavy atom. The third-order valence-electron chi connectivity index (χ3n) is 4.55. The van der Waals surface area contributed by atoms with Crippen LogP contribution >= 0.6 is 23.1 Å². The predicted octanol–water partition coefficient (Wildman–Crippen LogP) is 5.07. The normalized spacial score (nSPS) is 17.3. The van der Waals surface area contributed by atoms with E-state index in [0.29, 0.717) is 5.92 Å². The summed E-state index contributed by atoms with van der Waals surface area (Å²) in [6.45, 7) is 3.97. The van der Waals surface area contributed by atoms with Crippen molar-refractivity contribution < 1.29 is 4.79 Å². The van der Waals surface area contributed by atoms with Crippen molar-refractivity contribution in [1.29, 1.82) is 0 Å². The molecule has 2 aromatic carbocycles. The number of hydrogen-bond donors (Lipinski definition) is 0. The molecule has 0 spiro atoms. The zero-order valence-corrected chi connectivity index (χ0v) is 15.8. The summed E-state index contributed by atoms with van der Waals surface area (Å²) >= 11 is 3.48. The molecule has 1 unspecified atom stereocenters. The minimum Gasteiger partial charge on any atom is -0.338 e. The van der Waals surface area contributed by atoms with E-state index in [1.807, 2.05) is 29.2 Å². The summed E-state index contributed by atoms with van der Waals surface area (Å²) < 4.78 is 2.32. The van der Waals surface area contributed by atoms with E-state index < -0.39 is 0 Å². The van der Waals surface area contributed by atoms with Crippen molar-refractivity contribution in [2.24, 2.45) is 5.92 Å². The molecule has 1 fully saturated rings. The Balaban J connectivity index is 1.39. The van der Waals surface area contributed by atoms with E-state index in [9.17, 15) is 4.79 Å². The zero-order chi connectivity index (χ0) is 17.2. The Labute approximate surface area is 156 Å². The third-order valence-corrected chi connectivity index (χ3v) is 6.80. The van der Waals surface area contributed by atoms with Crippen LogP contribution in [-0.4, -0.2) is 28.9 Å². The summed E-state index contributed by atoms with van der Waals surface area (Å²) in [5, 5.41) is 0. The minimum atomic E-state index is 0.162. The summed E-state index contributed by atoms with van der Waals surface area (Å²) in [6, 6.07) is 16.3. The Morgan fingerprint density at radius 1 is 1.24 bits per heavy atom. The van der Waals surface area contributed by atoms with Crippen LogP contribution in [0.1, 0.15) is 29.3 Å². The molecular formula is C20H20N2OS2. The lowest BCUT2D eigenvalue weighted by molar-refractivity contribution is 0.0788. The zero-order valence-electron chi connectivity index (χ0n) is 14.1. The van der Waals surface area contributed by atoms with Gasteiger partial charge in [0.15, 0.2) is 4.34 Å². The molecule has 1 aliphatic heterocycles. The van der Waals surface area contributed by atoms with Crippen molar-refractivity contribution in [2.75, 3.05) is 13.1 Å². The van der Waals surface area contributed by atoms with E-state index >= 15 is 0 Å². The van der Waals surface area contributed by atoms with Crippen LogP contribution in [0.5, 0.6) is 0 Å². The second-order valence-corrected chi connectivity index (χ2v) is 8.83. The molecule has 0 bridgehead atoms. The smallest absolute Gasteiger partial charge is 0.253 e. The number of amides is 1. The maximum atomic E-state index is 12.5.